The number of carbonyl (C=O) groups excluding carboxylic acids is 2. The number of carbonyl (C=O) groups is 2. The molecule has 0 aliphatic carbocycles. The molecule has 0 saturated carbocycles. The summed E-state index contributed by atoms with van der Waals surface area (Å²) < 4.78 is 4.19. The maximum atomic E-state index is 10.7. The molecule has 0 aromatic heterocycles. The van der Waals surface area contributed by atoms with E-state index in [1.54, 1.807) is 19.0 Å². The number of ether oxygens (including phenoxy) is 1. The fourth-order valence-corrected chi connectivity index (χ4v) is 0.385. The standard InChI is InChI=1S/C7H11NO3/c1-8(2)5-4-6(9)7(10)11-3/h4-5H,1-3H3/b5-4+. The minimum absolute atomic E-state index is 0.652. The van der Waals surface area contributed by atoms with Crippen LogP contribution in [0.15, 0.2) is 12.3 Å². The van der Waals surface area contributed by atoms with E-state index in [1.807, 2.05) is 0 Å². The molecule has 11 heavy (non-hydrogen) atoms. The highest BCUT2D eigenvalue weighted by molar-refractivity contribution is 6.38. The Labute approximate surface area is 65.4 Å². The Hall–Kier alpha value is -1.32. The van der Waals surface area contributed by atoms with E-state index in [2.05, 4.69) is 4.74 Å². The minimum atomic E-state index is -0.844. The molecule has 4 nitrogen and oxygen atoms in total. The Bertz CT molecular complexity index is 184. The van der Waals surface area contributed by atoms with Crippen LogP contribution in [-0.2, 0) is 14.3 Å². The highest BCUT2D eigenvalue weighted by Gasteiger charge is 2.08. The van der Waals surface area contributed by atoms with Gasteiger partial charge in [-0.3, -0.25) is 4.79 Å². The molecular formula is C7H11NO3. The van der Waals surface area contributed by atoms with Crippen molar-refractivity contribution in [3.05, 3.63) is 12.3 Å². The normalized spacial score (nSPS) is 9.73. The average Bonchev–Trinajstić information content (AvgIpc) is 1.98. The van der Waals surface area contributed by atoms with Crippen LogP contribution in [0.25, 0.3) is 0 Å². The predicted molar refractivity (Wildman–Crippen MR) is 39.9 cm³/mol. The number of hydrogen-bond donors (Lipinski definition) is 0. The molecule has 0 spiro atoms. The first kappa shape index (κ1) is 9.68. The van der Waals surface area contributed by atoms with Gasteiger partial charge in [-0.1, -0.05) is 0 Å². The van der Waals surface area contributed by atoms with Crippen LogP contribution in [0.5, 0.6) is 0 Å². The zero-order valence-corrected chi connectivity index (χ0v) is 6.83. The van der Waals surface area contributed by atoms with Gasteiger partial charge in [0, 0.05) is 26.4 Å². The second-order valence-corrected chi connectivity index (χ2v) is 2.14. The molecule has 0 aliphatic heterocycles. The Morgan fingerprint density at radius 3 is 2.27 bits per heavy atom. The lowest BCUT2D eigenvalue weighted by atomic mass is 10.4. The van der Waals surface area contributed by atoms with E-state index in [4.69, 9.17) is 0 Å². The largest absolute Gasteiger partial charge is 0.463 e. The monoisotopic (exact) mass is 157 g/mol. The number of nitrogens with zero attached hydrogens (tertiary/aromatic N) is 1. The fraction of sp³-hybridized carbons (Fsp3) is 0.429. The first-order valence-electron chi connectivity index (χ1n) is 3.05. The highest BCUT2D eigenvalue weighted by Crippen LogP contribution is 1.83. The minimum Gasteiger partial charge on any atom is -0.463 e. The van der Waals surface area contributed by atoms with Crippen LogP contribution in [0.4, 0.5) is 0 Å². The summed E-state index contributed by atoms with van der Waals surface area (Å²) in [5.41, 5.74) is 0. The SMILES string of the molecule is COC(=O)C(=O)/C=C/N(C)C. The van der Waals surface area contributed by atoms with Gasteiger partial charge in [0.15, 0.2) is 0 Å². The third-order valence-corrected chi connectivity index (χ3v) is 0.911. The summed E-state index contributed by atoms with van der Waals surface area (Å²) in [6.07, 6.45) is 2.64. The number of hydrogen-bond acceptors (Lipinski definition) is 4. The zero-order chi connectivity index (χ0) is 8.85. The van der Waals surface area contributed by atoms with Crippen LogP contribution in [0.3, 0.4) is 0 Å². The van der Waals surface area contributed by atoms with Crippen molar-refractivity contribution in [1.82, 2.24) is 4.90 Å². The Morgan fingerprint density at radius 2 is 1.91 bits per heavy atom. The van der Waals surface area contributed by atoms with Gasteiger partial charge in [-0.2, -0.15) is 0 Å². The number of methoxy groups -OCH3 is 1. The molecule has 0 aromatic rings. The molecule has 0 amide bonds. The molecule has 0 fully saturated rings. The van der Waals surface area contributed by atoms with Crippen LogP contribution >= 0.6 is 0 Å². The molecule has 0 rings (SSSR count). The fourth-order valence-electron chi connectivity index (χ4n) is 0.385. The molecule has 0 unspecified atom stereocenters. The van der Waals surface area contributed by atoms with Gasteiger partial charge >= 0.3 is 5.97 Å². The van der Waals surface area contributed by atoms with Crippen molar-refractivity contribution >= 4 is 11.8 Å². The van der Waals surface area contributed by atoms with Crippen LogP contribution in [-0.4, -0.2) is 37.9 Å². The summed E-state index contributed by atoms with van der Waals surface area (Å²) in [7, 11) is 4.67. The number of ketones is 1. The van der Waals surface area contributed by atoms with Crippen molar-refractivity contribution in [3.8, 4) is 0 Å². The van der Waals surface area contributed by atoms with Crippen molar-refractivity contribution in [1.29, 1.82) is 0 Å². The van der Waals surface area contributed by atoms with Crippen molar-refractivity contribution < 1.29 is 14.3 Å². The van der Waals surface area contributed by atoms with Crippen LogP contribution < -0.4 is 0 Å². The molecule has 0 aromatic carbocycles. The van der Waals surface area contributed by atoms with Gasteiger partial charge in [0.25, 0.3) is 5.78 Å². The van der Waals surface area contributed by atoms with Crippen molar-refractivity contribution in [2.24, 2.45) is 0 Å². The third kappa shape index (κ3) is 4.13. The van der Waals surface area contributed by atoms with E-state index >= 15 is 0 Å². The van der Waals surface area contributed by atoms with E-state index in [0.29, 0.717) is 0 Å². The predicted octanol–water partition coefficient (Wildman–Crippen LogP) is -0.196. The summed E-state index contributed by atoms with van der Waals surface area (Å²) in [5.74, 6) is -1.50. The summed E-state index contributed by atoms with van der Waals surface area (Å²) in [6, 6.07) is 0. The molecular weight excluding hydrogens is 146 g/mol. The zero-order valence-electron chi connectivity index (χ0n) is 6.83. The summed E-state index contributed by atoms with van der Waals surface area (Å²) in [5, 5.41) is 0. The molecule has 0 saturated heterocycles. The summed E-state index contributed by atoms with van der Waals surface area (Å²) >= 11 is 0. The van der Waals surface area contributed by atoms with E-state index in [9.17, 15) is 9.59 Å². The Morgan fingerprint density at radius 1 is 1.36 bits per heavy atom. The van der Waals surface area contributed by atoms with E-state index in [-0.39, 0.29) is 0 Å². The molecule has 4 heteroatoms. The number of rotatable bonds is 3. The van der Waals surface area contributed by atoms with Gasteiger partial charge in [0.1, 0.15) is 0 Å². The molecule has 0 aliphatic rings. The third-order valence-electron chi connectivity index (χ3n) is 0.911. The lowest BCUT2D eigenvalue weighted by Gasteiger charge is -2.01. The van der Waals surface area contributed by atoms with Gasteiger partial charge in [0.05, 0.1) is 7.11 Å². The average molecular weight is 157 g/mol. The van der Waals surface area contributed by atoms with Gasteiger partial charge in [-0.05, 0) is 0 Å². The van der Waals surface area contributed by atoms with Gasteiger partial charge in [-0.15, -0.1) is 0 Å². The van der Waals surface area contributed by atoms with Gasteiger partial charge in [-0.25, -0.2) is 4.79 Å². The van der Waals surface area contributed by atoms with Gasteiger partial charge in [0.2, 0.25) is 0 Å². The lowest BCUT2D eigenvalue weighted by Crippen LogP contribution is -2.13. The molecule has 0 heterocycles. The van der Waals surface area contributed by atoms with Crippen LogP contribution in [0, 0.1) is 0 Å². The first-order valence-corrected chi connectivity index (χ1v) is 3.05. The lowest BCUT2D eigenvalue weighted by molar-refractivity contribution is -0.149. The van der Waals surface area contributed by atoms with Crippen molar-refractivity contribution in [2.45, 2.75) is 0 Å². The second kappa shape index (κ2) is 4.49. The van der Waals surface area contributed by atoms with Crippen molar-refractivity contribution in [2.75, 3.05) is 21.2 Å². The van der Waals surface area contributed by atoms with Crippen LogP contribution in [0.1, 0.15) is 0 Å². The molecule has 0 bridgehead atoms. The van der Waals surface area contributed by atoms with E-state index < -0.39 is 11.8 Å². The van der Waals surface area contributed by atoms with Crippen LogP contribution in [0.2, 0.25) is 0 Å². The van der Waals surface area contributed by atoms with E-state index in [0.717, 1.165) is 6.08 Å². The molecule has 0 radical (unpaired) electrons. The second-order valence-electron chi connectivity index (χ2n) is 2.14. The maximum absolute atomic E-state index is 10.7. The molecule has 62 valence electrons. The maximum Gasteiger partial charge on any atom is 0.378 e. The van der Waals surface area contributed by atoms with Gasteiger partial charge < -0.3 is 9.64 Å². The number of esters is 1. The highest BCUT2D eigenvalue weighted by atomic mass is 16.5. The Balaban J connectivity index is 3.97. The van der Waals surface area contributed by atoms with E-state index in [1.165, 1.54) is 13.3 Å². The summed E-state index contributed by atoms with van der Waals surface area (Å²) in [6.45, 7) is 0. The molecule has 0 atom stereocenters. The topological polar surface area (TPSA) is 46.6 Å². The quantitative estimate of drug-likeness (QED) is 0.323. The summed E-state index contributed by atoms with van der Waals surface area (Å²) in [4.78, 5) is 22.8. The first-order chi connectivity index (χ1) is 5.07. The Kier molecular flexibility index (Phi) is 3.95. The molecule has 0 N–H and O–H groups in total. The van der Waals surface area contributed by atoms with Crippen molar-refractivity contribution in [3.63, 3.8) is 0 Å². The smallest absolute Gasteiger partial charge is 0.378 e.